The van der Waals surface area contributed by atoms with E-state index in [9.17, 15) is 9.59 Å². The predicted octanol–water partition coefficient (Wildman–Crippen LogP) is 5.03. The van der Waals surface area contributed by atoms with Gasteiger partial charge in [-0.15, -0.1) is 11.8 Å². The number of carboxylic acid groups (broad SMARTS) is 2. The molecule has 0 radical (unpaired) electrons. The van der Waals surface area contributed by atoms with Crippen LogP contribution in [0.2, 0.25) is 0 Å². The lowest BCUT2D eigenvalue weighted by molar-refractivity contribution is -0.136. The number of thioether (sulfide) groups is 1. The minimum absolute atomic E-state index is 0.141. The number of fused-ring (bicyclic) bond motifs is 3. The van der Waals surface area contributed by atoms with Crippen molar-refractivity contribution in [3.63, 3.8) is 0 Å². The third-order valence-electron chi connectivity index (χ3n) is 5.88. The Morgan fingerprint density at radius 3 is 2.61 bits per heavy atom. The highest BCUT2D eigenvalue weighted by molar-refractivity contribution is 7.99. The fourth-order valence-corrected chi connectivity index (χ4v) is 5.41. The SMILES string of the molecule is N#CC(=Cc1ccc2c(c1)C1CCCC1N2c1ccc(SCCC(=O)O)cc1)C(=O)O. The number of rotatable bonds is 7. The van der Waals surface area contributed by atoms with Crippen LogP contribution in [0.3, 0.4) is 0 Å². The maximum atomic E-state index is 11.2. The van der Waals surface area contributed by atoms with Crippen molar-refractivity contribution in [1.29, 1.82) is 5.26 Å². The molecule has 1 aliphatic carbocycles. The third kappa shape index (κ3) is 4.30. The zero-order valence-electron chi connectivity index (χ0n) is 16.8. The van der Waals surface area contributed by atoms with Gasteiger partial charge in [0.2, 0.25) is 0 Å². The van der Waals surface area contributed by atoms with Crippen molar-refractivity contribution in [3.8, 4) is 6.07 Å². The molecule has 2 aromatic carbocycles. The Kier molecular flexibility index (Phi) is 6.01. The summed E-state index contributed by atoms with van der Waals surface area (Å²) in [5, 5.41) is 27.0. The summed E-state index contributed by atoms with van der Waals surface area (Å²) in [4.78, 5) is 25.3. The summed E-state index contributed by atoms with van der Waals surface area (Å²) in [6.07, 6.45) is 4.90. The van der Waals surface area contributed by atoms with Crippen LogP contribution >= 0.6 is 11.8 Å². The molecule has 4 rings (SSSR count). The number of aliphatic carboxylic acids is 2. The summed E-state index contributed by atoms with van der Waals surface area (Å²) in [5.74, 6) is -1.07. The smallest absolute Gasteiger partial charge is 0.346 e. The van der Waals surface area contributed by atoms with Crippen LogP contribution in [0.1, 0.15) is 42.7 Å². The molecule has 2 atom stereocenters. The van der Waals surface area contributed by atoms with Crippen LogP contribution in [-0.4, -0.2) is 33.9 Å². The van der Waals surface area contributed by atoms with E-state index in [1.807, 2.05) is 30.3 Å². The Hall–Kier alpha value is -3.24. The van der Waals surface area contributed by atoms with Gasteiger partial charge in [0.25, 0.3) is 0 Å². The molecule has 2 unspecified atom stereocenters. The zero-order chi connectivity index (χ0) is 22.0. The van der Waals surface area contributed by atoms with Gasteiger partial charge < -0.3 is 15.1 Å². The lowest BCUT2D eigenvalue weighted by atomic mass is 9.95. The molecule has 2 N–H and O–H groups in total. The Labute approximate surface area is 184 Å². The second kappa shape index (κ2) is 8.86. The molecule has 1 fully saturated rings. The van der Waals surface area contributed by atoms with Gasteiger partial charge in [-0.25, -0.2) is 4.79 Å². The van der Waals surface area contributed by atoms with Crippen molar-refractivity contribution in [3.05, 3.63) is 59.2 Å². The number of hydrogen-bond acceptors (Lipinski definition) is 5. The van der Waals surface area contributed by atoms with Crippen LogP contribution in [0.25, 0.3) is 6.08 Å². The molecule has 2 aliphatic rings. The summed E-state index contributed by atoms with van der Waals surface area (Å²) in [5.41, 5.74) is 3.90. The maximum absolute atomic E-state index is 11.2. The molecule has 0 spiro atoms. The fourth-order valence-electron chi connectivity index (χ4n) is 4.57. The quantitative estimate of drug-likeness (QED) is 0.358. The van der Waals surface area contributed by atoms with Crippen molar-refractivity contribution in [2.45, 2.75) is 42.5 Å². The first-order valence-electron chi connectivity index (χ1n) is 10.2. The van der Waals surface area contributed by atoms with Gasteiger partial charge in [-0.1, -0.05) is 12.5 Å². The van der Waals surface area contributed by atoms with Crippen molar-refractivity contribution >= 4 is 41.2 Å². The molecule has 0 saturated heterocycles. The van der Waals surface area contributed by atoms with E-state index < -0.39 is 11.9 Å². The van der Waals surface area contributed by atoms with Crippen LogP contribution < -0.4 is 4.90 Å². The first-order chi connectivity index (χ1) is 15.0. The molecule has 0 aromatic heterocycles. The van der Waals surface area contributed by atoms with E-state index in [1.54, 1.807) is 6.07 Å². The van der Waals surface area contributed by atoms with Crippen LogP contribution in [0.5, 0.6) is 0 Å². The van der Waals surface area contributed by atoms with E-state index in [0.29, 0.717) is 17.7 Å². The van der Waals surface area contributed by atoms with Crippen molar-refractivity contribution in [2.24, 2.45) is 0 Å². The second-order valence-corrected chi connectivity index (χ2v) is 8.92. The van der Waals surface area contributed by atoms with Gasteiger partial charge in [0.15, 0.2) is 0 Å². The predicted molar refractivity (Wildman–Crippen MR) is 120 cm³/mol. The summed E-state index contributed by atoms with van der Waals surface area (Å²) < 4.78 is 0. The van der Waals surface area contributed by atoms with Crippen LogP contribution in [0.15, 0.2) is 52.9 Å². The highest BCUT2D eigenvalue weighted by atomic mass is 32.2. The first-order valence-corrected chi connectivity index (χ1v) is 11.2. The molecule has 1 aliphatic heterocycles. The Balaban J connectivity index is 1.62. The molecule has 6 nitrogen and oxygen atoms in total. The standard InChI is InChI=1S/C24H22N2O4S/c25-14-16(24(29)30)12-15-4-9-22-20(13-15)19-2-1-3-21(19)26(22)17-5-7-18(8-6-17)31-11-10-23(27)28/h4-9,12-13,19,21H,1-3,10-11H2,(H,27,28)(H,29,30). The molecule has 158 valence electrons. The number of benzene rings is 2. The number of nitriles is 1. The largest absolute Gasteiger partial charge is 0.481 e. The average molecular weight is 435 g/mol. The van der Waals surface area contributed by atoms with E-state index in [-0.39, 0.29) is 12.0 Å². The van der Waals surface area contributed by atoms with Crippen LogP contribution in [-0.2, 0) is 9.59 Å². The fraction of sp³-hybridized carbons (Fsp3) is 0.292. The molecule has 1 heterocycles. The van der Waals surface area contributed by atoms with E-state index >= 15 is 0 Å². The first kappa shape index (κ1) is 21.0. The Morgan fingerprint density at radius 1 is 1.16 bits per heavy atom. The average Bonchev–Trinajstić information content (AvgIpc) is 3.33. The molecule has 31 heavy (non-hydrogen) atoms. The van der Waals surface area contributed by atoms with E-state index in [4.69, 9.17) is 15.5 Å². The lowest BCUT2D eigenvalue weighted by Gasteiger charge is -2.27. The summed E-state index contributed by atoms with van der Waals surface area (Å²) in [6, 6.07) is 16.3. The number of carboxylic acids is 2. The molecule has 1 saturated carbocycles. The van der Waals surface area contributed by atoms with Gasteiger partial charge in [-0.3, -0.25) is 4.79 Å². The van der Waals surface area contributed by atoms with Crippen LogP contribution in [0, 0.1) is 11.3 Å². The van der Waals surface area contributed by atoms with E-state index in [0.717, 1.165) is 41.1 Å². The summed E-state index contributed by atoms with van der Waals surface area (Å²) in [6.45, 7) is 0. The van der Waals surface area contributed by atoms with Gasteiger partial charge in [-0.2, -0.15) is 5.26 Å². The molecule has 0 amide bonds. The monoisotopic (exact) mass is 434 g/mol. The van der Waals surface area contributed by atoms with Gasteiger partial charge in [0.05, 0.1) is 6.42 Å². The summed E-state index contributed by atoms with van der Waals surface area (Å²) >= 11 is 1.54. The normalized spacial score (nSPS) is 19.6. The van der Waals surface area contributed by atoms with E-state index in [2.05, 4.69) is 17.0 Å². The molecule has 2 aromatic rings. The molecular weight excluding hydrogens is 412 g/mol. The molecular formula is C24H22N2O4S. The van der Waals surface area contributed by atoms with Crippen LogP contribution in [0.4, 0.5) is 11.4 Å². The number of carbonyl (C=O) groups is 2. The third-order valence-corrected chi connectivity index (χ3v) is 6.90. The van der Waals surface area contributed by atoms with Gasteiger partial charge in [0, 0.05) is 34.0 Å². The van der Waals surface area contributed by atoms with Gasteiger partial charge in [0.1, 0.15) is 11.6 Å². The Morgan fingerprint density at radius 2 is 1.94 bits per heavy atom. The summed E-state index contributed by atoms with van der Waals surface area (Å²) in [7, 11) is 0. The maximum Gasteiger partial charge on any atom is 0.346 e. The highest BCUT2D eigenvalue weighted by Crippen LogP contribution is 2.52. The van der Waals surface area contributed by atoms with Gasteiger partial charge >= 0.3 is 11.9 Å². The van der Waals surface area contributed by atoms with E-state index in [1.165, 1.54) is 23.4 Å². The number of anilines is 2. The second-order valence-electron chi connectivity index (χ2n) is 7.75. The topological polar surface area (TPSA) is 102 Å². The van der Waals surface area contributed by atoms with Crippen molar-refractivity contribution in [1.82, 2.24) is 0 Å². The lowest BCUT2D eigenvalue weighted by Crippen LogP contribution is -2.26. The minimum Gasteiger partial charge on any atom is -0.481 e. The number of nitrogens with zero attached hydrogens (tertiary/aromatic N) is 2. The Bertz CT molecular complexity index is 1090. The van der Waals surface area contributed by atoms with Gasteiger partial charge in [-0.05, 0) is 66.4 Å². The highest BCUT2D eigenvalue weighted by Gasteiger charge is 2.42. The van der Waals surface area contributed by atoms with Crippen molar-refractivity contribution < 1.29 is 19.8 Å². The van der Waals surface area contributed by atoms with Crippen molar-refractivity contribution in [2.75, 3.05) is 10.7 Å². The molecule has 7 heteroatoms. The zero-order valence-corrected chi connectivity index (χ0v) is 17.6. The molecule has 0 bridgehead atoms. The minimum atomic E-state index is -1.22. The number of hydrogen-bond donors (Lipinski definition) is 2.